The van der Waals surface area contributed by atoms with Crippen molar-refractivity contribution in [2.24, 2.45) is 0 Å². The van der Waals surface area contributed by atoms with E-state index in [9.17, 15) is 0 Å². The summed E-state index contributed by atoms with van der Waals surface area (Å²) in [6.45, 7) is 4.37. The standard InChI is InChI=1S/C17H16Cl2N2/c1-11(2)12-6-3-4-8-14(12)21-15-9-5-7-13(19)17(15)20-16(21)10-18/h3-9,11H,10H2,1-2H3. The molecule has 2 aromatic carbocycles. The minimum atomic E-state index is 0.345. The first-order chi connectivity index (χ1) is 10.1. The van der Waals surface area contributed by atoms with Crippen LogP contribution in [0.4, 0.5) is 0 Å². The number of benzene rings is 2. The van der Waals surface area contributed by atoms with E-state index in [2.05, 4.69) is 41.6 Å². The van der Waals surface area contributed by atoms with E-state index in [1.807, 2.05) is 24.3 Å². The number of halogens is 2. The zero-order valence-electron chi connectivity index (χ0n) is 12.0. The molecule has 0 fully saturated rings. The van der Waals surface area contributed by atoms with E-state index >= 15 is 0 Å². The van der Waals surface area contributed by atoms with Gasteiger partial charge in [-0.05, 0) is 29.7 Å². The number of fused-ring (bicyclic) bond motifs is 1. The van der Waals surface area contributed by atoms with Crippen LogP contribution < -0.4 is 0 Å². The van der Waals surface area contributed by atoms with Gasteiger partial charge in [0.25, 0.3) is 0 Å². The second-order valence-electron chi connectivity index (χ2n) is 5.32. The Morgan fingerprint density at radius 2 is 1.86 bits per heavy atom. The smallest absolute Gasteiger partial charge is 0.129 e. The molecule has 0 saturated carbocycles. The van der Waals surface area contributed by atoms with Crippen molar-refractivity contribution in [3.8, 4) is 5.69 Å². The first-order valence-electron chi connectivity index (χ1n) is 6.94. The normalized spacial score (nSPS) is 11.5. The van der Waals surface area contributed by atoms with Crippen molar-refractivity contribution in [3.05, 3.63) is 58.9 Å². The largest absolute Gasteiger partial charge is 0.295 e. The van der Waals surface area contributed by atoms with Crippen LogP contribution in [-0.4, -0.2) is 9.55 Å². The summed E-state index contributed by atoms with van der Waals surface area (Å²) >= 11 is 12.4. The lowest BCUT2D eigenvalue weighted by Gasteiger charge is -2.15. The first kappa shape index (κ1) is 14.4. The van der Waals surface area contributed by atoms with Gasteiger partial charge in [-0.3, -0.25) is 4.57 Å². The summed E-state index contributed by atoms with van der Waals surface area (Å²) in [6.07, 6.45) is 0. The van der Waals surface area contributed by atoms with E-state index in [-0.39, 0.29) is 0 Å². The van der Waals surface area contributed by atoms with E-state index in [1.54, 1.807) is 0 Å². The van der Waals surface area contributed by atoms with Gasteiger partial charge in [-0.25, -0.2) is 4.98 Å². The highest BCUT2D eigenvalue weighted by atomic mass is 35.5. The van der Waals surface area contributed by atoms with Crippen molar-refractivity contribution in [3.63, 3.8) is 0 Å². The SMILES string of the molecule is CC(C)c1ccccc1-n1c(CCl)nc2c(Cl)cccc21. The molecule has 21 heavy (non-hydrogen) atoms. The molecule has 0 aliphatic carbocycles. The van der Waals surface area contributed by atoms with Crippen LogP contribution in [0, 0.1) is 0 Å². The molecular formula is C17H16Cl2N2. The molecule has 2 nitrogen and oxygen atoms in total. The van der Waals surface area contributed by atoms with Crippen LogP contribution in [0.1, 0.15) is 31.2 Å². The third-order valence-corrected chi connectivity index (χ3v) is 4.17. The van der Waals surface area contributed by atoms with Crippen LogP contribution in [0.2, 0.25) is 5.02 Å². The summed E-state index contributed by atoms with van der Waals surface area (Å²) in [4.78, 5) is 4.61. The second kappa shape index (κ2) is 5.70. The van der Waals surface area contributed by atoms with Gasteiger partial charge < -0.3 is 0 Å². The average molecular weight is 319 g/mol. The van der Waals surface area contributed by atoms with Gasteiger partial charge >= 0.3 is 0 Å². The highest BCUT2D eigenvalue weighted by Crippen LogP contribution is 2.31. The summed E-state index contributed by atoms with van der Waals surface area (Å²) < 4.78 is 2.11. The number of nitrogens with zero attached hydrogens (tertiary/aromatic N) is 2. The maximum absolute atomic E-state index is 6.27. The molecule has 0 atom stereocenters. The van der Waals surface area contributed by atoms with E-state index in [0.29, 0.717) is 16.8 Å². The Balaban J connectivity index is 2.37. The zero-order chi connectivity index (χ0) is 15.0. The Kier molecular flexibility index (Phi) is 3.92. The lowest BCUT2D eigenvalue weighted by atomic mass is 10.0. The molecule has 3 aromatic rings. The van der Waals surface area contributed by atoms with Gasteiger partial charge in [-0.15, -0.1) is 11.6 Å². The fourth-order valence-electron chi connectivity index (χ4n) is 2.65. The van der Waals surface area contributed by atoms with Crippen LogP contribution in [0.15, 0.2) is 42.5 Å². The van der Waals surface area contributed by atoms with Crippen molar-refractivity contribution in [2.75, 3.05) is 0 Å². The lowest BCUT2D eigenvalue weighted by Crippen LogP contribution is -2.04. The quantitative estimate of drug-likeness (QED) is 0.579. The predicted molar refractivity (Wildman–Crippen MR) is 89.7 cm³/mol. The summed E-state index contributed by atoms with van der Waals surface area (Å²) in [6, 6.07) is 14.2. The third-order valence-electron chi connectivity index (χ3n) is 3.62. The fourth-order valence-corrected chi connectivity index (χ4v) is 3.04. The molecule has 0 unspecified atom stereocenters. The maximum Gasteiger partial charge on any atom is 0.129 e. The maximum atomic E-state index is 6.27. The van der Waals surface area contributed by atoms with Gasteiger partial charge in [0, 0.05) is 0 Å². The monoisotopic (exact) mass is 318 g/mol. The van der Waals surface area contributed by atoms with E-state index in [1.165, 1.54) is 5.56 Å². The molecule has 0 spiro atoms. The molecule has 0 saturated heterocycles. The Morgan fingerprint density at radius 3 is 2.57 bits per heavy atom. The van der Waals surface area contributed by atoms with Crippen LogP contribution in [-0.2, 0) is 5.88 Å². The average Bonchev–Trinajstić information content (AvgIpc) is 2.87. The van der Waals surface area contributed by atoms with Gasteiger partial charge in [-0.1, -0.05) is 49.7 Å². The summed E-state index contributed by atoms with van der Waals surface area (Å²) in [5, 5.41) is 0.652. The Bertz CT molecular complexity index is 791. The third kappa shape index (κ3) is 2.43. The number of aromatic nitrogens is 2. The summed E-state index contributed by atoms with van der Waals surface area (Å²) in [5.41, 5.74) is 4.18. The number of rotatable bonds is 3. The Hall–Kier alpha value is -1.51. The zero-order valence-corrected chi connectivity index (χ0v) is 13.5. The van der Waals surface area contributed by atoms with Gasteiger partial charge in [0.1, 0.15) is 11.3 Å². The van der Waals surface area contributed by atoms with Crippen molar-refractivity contribution < 1.29 is 0 Å². The molecule has 3 rings (SSSR count). The van der Waals surface area contributed by atoms with Gasteiger partial charge in [0.15, 0.2) is 0 Å². The molecule has 108 valence electrons. The molecular weight excluding hydrogens is 303 g/mol. The predicted octanol–water partition coefficient (Wildman–Crippen LogP) is 5.54. The van der Waals surface area contributed by atoms with Crippen LogP contribution >= 0.6 is 23.2 Å². The summed E-state index contributed by atoms with van der Waals surface area (Å²) in [5.74, 6) is 1.58. The van der Waals surface area contributed by atoms with Crippen LogP contribution in [0.3, 0.4) is 0 Å². The second-order valence-corrected chi connectivity index (χ2v) is 5.99. The fraction of sp³-hybridized carbons (Fsp3) is 0.235. The number of hydrogen-bond acceptors (Lipinski definition) is 1. The van der Waals surface area contributed by atoms with Gasteiger partial charge in [0.05, 0.1) is 22.1 Å². The first-order valence-corrected chi connectivity index (χ1v) is 7.86. The highest BCUT2D eigenvalue weighted by Gasteiger charge is 2.16. The van der Waals surface area contributed by atoms with E-state index in [0.717, 1.165) is 22.5 Å². The van der Waals surface area contributed by atoms with Crippen LogP contribution in [0.25, 0.3) is 16.7 Å². The van der Waals surface area contributed by atoms with Crippen LogP contribution in [0.5, 0.6) is 0 Å². The van der Waals surface area contributed by atoms with Gasteiger partial charge in [-0.2, -0.15) is 0 Å². The molecule has 0 bridgehead atoms. The molecule has 0 aliphatic rings. The minimum Gasteiger partial charge on any atom is -0.295 e. The minimum absolute atomic E-state index is 0.345. The molecule has 0 radical (unpaired) electrons. The molecule has 4 heteroatoms. The summed E-state index contributed by atoms with van der Waals surface area (Å²) in [7, 11) is 0. The molecule has 0 aliphatic heterocycles. The number of para-hydroxylation sites is 2. The number of hydrogen-bond donors (Lipinski definition) is 0. The van der Waals surface area contributed by atoms with Crippen molar-refractivity contribution in [2.45, 2.75) is 25.6 Å². The van der Waals surface area contributed by atoms with Gasteiger partial charge in [0.2, 0.25) is 0 Å². The van der Waals surface area contributed by atoms with Crippen molar-refractivity contribution in [1.82, 2.24) is 9.55 Å². The van der Waals surface area contributed by atoms with Crippen molar-refractivity contribution >= 4 is 34.2 Å². The Morgan fingerprint density at radius 1 is 1.10 bits per heavy atom. The number of imidazole rings is 1. The molecule has 1 aromatic heterocycles. The highest BCUT2D eigenvalue weighted by molar-refractivity contribution is 6.35. The topological polar surface area (TPSA) is 17.8 Å². The number of alkyl halides is 1. The molecule has 0 N–H and O–H groups in total. The lowest BCUT2D eigenvalue weighted by molar-refractivity contribution is 0.841. The Labute approximate surface area is 134 Å². The molecule has 0 amide bonds. The molecule has 1 heterocycles. The van der Waals surface area contributed by atoms with Crippen molar-refractivity contribution in [1.29, 1.82) is 0 Å². The van der Waals surface area contributed by atoms with E-state index < -0.39 is 0 Å². The van der Waals surface area contributed by atoms with E-state index in [4.69, 9.17) is 23.2 Å².